The van der Waals surface area contributed by atoms with Crippen LogP contribution in [0.1, 0.15) is 34.6 Å². The van der Waals surface area contributed by atoms with E-state index in [1.807, 2.05) is 5.32 Å². The highest BCUT2D eigenvalue weighted by Gasteiger charge is 2.30. The fraction of sp³-hybridized carbons (Fsp3) is 0.143. The number of amides is 3. The van der Waals surface area contributed by atoms with E-state index in [4.69, 9.17) is 0 Å². The third kappa shape index (κ3) is 2.35. The van der Waals surface area contributed by atoms with Gasteiger partial charge in [0.1, 0.15) is 0 Å². The minimum Gasteiger partial charge on any atom is -0.322 e. The summed E-state index contributed by atoms with van der Waals surface area (Å²) in [5.74, 6) is -2.65. The van der Waals surface area contributed by atoms with Crippen molar-refractivity contribution in [2.75, 3.05) is 5.32 Å². The summed E-state index contributed by atoms with van der Waals surface area (Å²) in [4.78, 5) is 46.2. The summed E-state index contributed by atoms with van der Waals surface area (Å²) >= 11 is 0. The van der Waals surface area contributed by atoms with Gasteiger partial charge in [-0.05, 0) is 32.0 Å². The number of allylic oxidation sites excluding steroid dienone is 1. The second kappa shape index (κ2) is 5.08. The molecule has 6 heteroatoms. The fourth-order valence-corrected chi connectivity index (χ4v) is 1.72. The van der Waals surface area contributed by atoms with E-state index < -0.39 is 17.6 Å². The first kappa shape index (κ1) is 13.7. The molecule has 2 N–H and O–H groups in total. The van der Waals surface area contributed by atoms with Gasteiger partial charge in [-0.3, -0.25) is 24.5 Å². The monoisotopic (exact) mass is 272 g/mol. The number of imide groups is 1. The lowest BCUT2D eigenvalue weighted by Gasteiger charge is -2.15. The fourth-order valence-electron chi connectivity index (χ4n) is 1.72. The Hall–Kier alpha value is -2.76. The Kier molecular flexibility index (Phi) is 3.47. The highest BCUT2D eigenvalue weighted by molar-refractivity contribution is 6.49. The number of rotatable bonds is 2. The molecule has 0 unspecified atom stereocenters. The lowest BCUT2D eigenvalue weighted by Crippen LogP contribution is -2.42. The van der Waals surface area contributed by atoms with Crippen molar-refractivity contribution in [1.29, 1.82) is 0 Å². The number of hydrogen-bond acceptors (Lipinski definition) is 4. The standard InChI is InChI=1S/C14H12N2O4/c1-3-7(2)12(18)15-8-4-5-9-10(6-8)13(19)16-14(20)11(9)17/h3-6H,1-2H3,(H,15,18)(H,16,19,20). The molecule has 0 aliphatic carbocycles. The Bertz CT molecular complexity index is 674. The molecule has 3 amide bonds. The summed E-state index contributed by atoms with van der Waals surface area (Å²) in [6, 6.07) is 4.20. The van der Waals surface area contributed by atoms with Crippen molar-refractivity contribution < 1.29 is 19.2 Å². The molecule has 0 bridgehead atoms. The van der Waals surface area contributed by atoms with Crippen molar-refractivity contribution in [2.45, 2.75) is 13.8 Å². The van der Waals surface area contributed by atoms with E-state index in [1.54, 1.807) is 19.9 Å². The van der Waals surface area contributed by atoms with Gasteiger partial charge in [-0.25, -0.2) is 0 Å². The summed E-state index contributed by atoms with van der Waals surface area (Å²) in [7, 11) is 0. The Labute approximate surface area is 114 Å². The predicted molar refractivity (Wildman–Crippen MR) is 71.3 cm³/mol. The Balaban J connectivity index is 2.35. The minimum atomic E-state index is -0.941. The van der Waals surface area contributed by atoms with Gasteiger partial charge in [0.2, 0.25) is 0 Å². The van der Waals surface area contributed by atoms with Gasteiger partial charge in [-0.1, -0.05) is 6.08 Å². The van der Waals surface area contributed by atoms with Gasteiger partial charge in [0, 0.05) is 16.8 Å². The van der Waals surface area contributed by atoms with Crippen LogP contribution in [-0.4, -0.2) is 23.5 Å². The van der Waals surface area contributed by atoms with Crippen LogP contribution in [0.2, 0.25) is 0 Å². The van der Waals surface area contributed by atoms with Gasteiger partial charge < -0.3 is 5.32 Å². The molecule has 0 aromatic heterocycles. The summed E-state index contributed by atoms with van der Waals surface area (Å²) in [5, 5.41) is 4.55. The summed E-state index contributed by atoms with van der Waals surface area (Å²) in [6.07, 6.45) is 1.66. The maximum atomic E-state index is 11.7. The molecule has 2 rings (SSSR count). The molecule has 0 fully saturated rings. The van der Waals surface area contributed by atoms with E-state index >= 15 is 0 Å². The first-order valence-corrected chi connectivity index (χ1v) is 5.92. The lowest BCUT2D eigenvalue weighted by molar-refractivity contribution is -0.116. The zero-order valence-electron chi connectivity index (χ0n) is 10.9. The second-order valence-electron chi connectivity index (χ2n) is 4.30. The number of carbonyl (C=O) groups excluding carboxylic acids is 4. The first-order valence-electron chi connectivity index (χ1n) is 5.92. The largest absolute Gasteiger partial charge is 0.322 e. The summed E-state index contributed by atoms with van der Waals surface area (Å²) < 4.78 is 0. The van der Waals surface area contributed by atoms with Crippen molar-refractivity contribution in [3.8, 4) is 0 Å². The van der Waals surface area contributed by atoms with Crippen LogP contribution in [-0.2, 0) is 9.59 Å². The van der Waals surface area contributed by atoms with Crippen molar-refractivity contribution in [3.63, 3.8) is 0 Å². The maximum Gasteiger partial charge on any atom is 0.299 e. The zero-order chi connectivity index (χ0) is 14.9. The Morgan fingerprint density at radius 1 is 1.15 bits per heavy atom. The van der Waals surface area contributed by atoms with Crippen LogP contribution in [0.4, 0.5) is 5.69 Å². The van der Waals surface area contributed by atoms with Crippen LogP contribution in [0.15, 0.2) is 29.8 Å². The molecular weight excluding hydrogens is 260 g/mol. The third-order valence-electron chi connectivity index (χ3n) is 2.99. The quantitative estimate of drug-likeness (QED) is 0.478. The van der Waals surface area contributed by atoms with E-state index in [2.05, 4.69) is 5.32 Å². The highest BCUT2D eigenvalue weighted by atomic mass is 16.2. The topological polar surface area (TPSA) is 92.3 Å². The number of anilines is 1. The molecule has 102 valence electrons. The van der Waals surface area contributed by atoms with Gasteiger partial charge in [-0.2, -0.15) is 0 Å². The SMILES string of the molecule is CC=C(C)C(=O)Nc1ccc2c(c1)C(=O)NC(=O)C2=O. The lowest BCUT2D eigenvalue weighted by atomic mass is 9.98. The average molecular weight is 272 g/mol. The molecule has 1 aliphatic rings. The summed E-state index contributed by atoms with van der Waals surface area (Å²) in [5.41, 5.74) is 1.02. The molecule has 1 aromatic rings. The highest BCUT2D eigenvalue weighted by Crippen LogP contribution is 2.20. The number of carbonyl (C=O) groups is 4. The molecule has 0 radical (unpaired) electrons. The van der Waals surface area contributed by atoms with E-state index in [0.717, 1.165) is 0 Å². The van der Waals surface area contributed by atoms with Gasteiger partial charge in [0.25, 0.3) is 23.5 Å². The van der Waals surface area contributed by atoms with Gasteiger partial charge in [-0.15, -0.1) is 0 Å². The van der Waals surface area contributed by atoms with E-state index in [1.165, 1.54) is 18.2 Å². The molecule has 20 heavy (non-hydrogen) atoms. The number of ketones is 1. The van der Waals surface area contributed by atoms with E-state index in [9.17, 15) is 19.2 Å². The first-order chi connectivity index (χ1) is 9.43. The number of fused-ring (bicyclic) bond motifs is 1. The molecule has 0 saturated heterocycles. The third-order valence-corrected chi connectivity index (χ3v) is 2.99. The summed E-state index contributed by atoms with van der Waals surface area (Å²) in [6.45, 7) is 3.39. The van der Waals surface area contributed by atoms with Gasteiger partial charge in [0.05, 0.1) is 5.56 Å². The van der Waals surface area contributed by atoms with Crippen molar-refractivity contribution in [2.24, 2.45) is 0 Å². The molecule has 0 atom stereocenters. The number of benzene rings is 1. The Morgan fingerprint density at radius 2 is 1.85 bits per heavy atom. The maximum absolute atomic E-state index is 11.7. The van der Waals surface area contributed by atoms with Crippen LogP contribution in [0.5, 0.6) is 0 Å². The van der Waals surface area contributed by atoms with Crippen molar-refractivity contribution >= 4 is 29.2 Å². The molecule has 1 aliphatic heterocycles. The molecule has 1 heterocycles. The average Bonchev–Trinajstić information content (AvgIpc) is 2.44. The second-order valence-corrected chi connectivity index (χ2v) is 4.30. The van der Waals surface area contributed by atoms with Gasteiger partial charge >= 0.3 is 0 Å². The molecule has 0 spiro atoms. The van der Waals surface area contributed by atoms with Crippen LogP contribution in [0.25, 0.3) is 0 Å². The molecule has 6 nitrogen and oxygen atoms in total. The predicted octanol–water partition coefficient (Wildman–Crippen LogP) is 1.04. The van der Waals surface area contributed by atoms with E-state index in [0.29, 0.717) is 11.3 Å². The number of Topliss-reactive ketones (excluding diaryl/α,β-unsaturated/α-hetero) is 1. The van der Waals surface area contributed by atoms with Crippen molar-refractivity contribution in [1.82, 2.24) is 5.32 Å². The van der Waals surface area contributed by atoms with Crippen LogP contribution in [0.3, 0.4) is 0 Å². The molecule has 1 aromatic carbocycles. The van der Waals surface area contributed by atoms with E-state index in [-0.39, 0.29) is 17.0 Å². The number of nitrogens with one attached hydrogen (secondary N) is 2. The van der Waals surface area contributed by atoms with Crippen LogP contribution >= 0.6 is 0 Å². The number of hydrogen-bond donors (Lipinski definition) is 2. The van der Waals surface area contributed by atoms with Gasteiger partial charge in [0.15, 0.2) is 0 Å². The van der Waals surface area contributed by atoms with Crippen LogP contribution < -0.4 is 10.6 Å². The molecule has 0 saturated carbocycles. The van der Waals surface area contributed by atoms with Crippen molar-refractivity contribution in [3.05, 3.63) is 41.0 Å². The molecular formula is C14H12N2O4. The van der Waals surface area contributed by atoms with Crippen LogP contribution in [0, 0.1) is 0 Å². The smallest absolute Gasteiger partial charge is 0.299 e. The Morgan fingerprint density at radius 3 is 2.50 bits per heavy atom. The normalized spacial score (nSPS) is 14.7. The minimum absolute atomic E-state index is 0.0412. The zero-order valence-corrected chi connectivity index (χ0v) is 10.9.